The van der Waals surface area contributed by atoms with Crippen molar-refractivity contribution in [3.63, 3.8) is 0 Å². The highest BCUT2D eigenvalue weighted by atomic mass is 16.3. The van der Waals surface area contributed by atoms with Gasteiger partial charge in [-0.25, -0.2) is 0 Å². The van der Waals surface area contributed by atoms with Gasteiger partial charge in [-0.05, 0) is 39.8 Å². The van der Waals surface area contributed by atoms with Crippen LogP contribution in [0.5, 0.6) is 0 Å². The molecule has 1 heterocycles. The highest BCUT2D eigenvalue weighted by Crippen LogP contribution is 2.13. The number of nitrogens with zero attached hydrogens (tertiary/aromatic N) is 2. The van der Waals surface area contributed by atoms with Crippen LogP contribution >= 0.6 is 0 Å². The van der Waals surface area contributed by atoms with E-state index in [0.29, 0.717) is 6.54 Å². The predicted molar refractivity (Wildman–Crippen MR) is 67.7 cm³/mol. The van der Waals surface area contributed by atoms with Gasteiger partial charge in [0.2, 0.25) is 5.91 Å². The Hall–Kier alpha value is -1.29. The number of aliphatic hydroxyl groups is 1. The van der Waals surface area contributed by atoms with Crippen LogP contribution in [0.3, 0.4) is 0 Å². The summed E-state index contributed by atoms with van der Waals surface area (Å²) >= 11 is 0. The maximum absolute atomic E-state index is 12.3. The summed E-state index contributed by atoms with van der Waals surface area (Å²) in [7, 11) is 0. The number of carbonyl (C=O) groups excluding carboxylic acids is 1. The molecule has 1 rings (SSSR count). The molecule has 1 N–H and O–H groups in total. The lowest BCUT2D eigenvalue weighted by Gasteiger charge is -2.31. The molecule has 0 radical (unpaired) electrons. The number of hydrogen-bond acceptors (Lipinski definition) is 2. The quantitative estimate of drug-likeness (QED) is 0.848. The summed E-state index contributed by atoms with van der Waals surface area (Å²) in [6.07, 6.45) is 3.26. The van der Waals surface area contributed by atoms with Gasteiger partial charge in [0, 0.05) is 25.0 Å². The maximum Gasteiger partial charge on any atom is 0.245 e. The second-order valence-corrected chi connectivity index (χ2v) is 4.74. The number of rotatable bonds is 5. The van der Waals surface area contributed by atoms with Gasteiger partial charge in [0.1, 0.15) is 6.04 Å². The number of carbonyl (C=O) groups is 1. The second-order valence-electron chi connectivity index (χ2n) is 4.74. The first kappa shape index (κ1) is 13.8. The average molecular weight is 238 g/mol. The molecule has 0 spiro atoms. The molecule has 2 unspecified atom stereocenters. The fourth-order valence-corrected chi connectivity index (χ4v) is 1.81. The molecule has 4 nitrogen and oxygen atoms in total. The highest BCUT2D eigenvalue weighted by Gasteiger charge is 2.24. The van der Waals surface area contributed by atoms with Gasteiger partial charge in [0.15, 0.2) is 0 Å². The molecule has 0 aromatic carbocycles. The number of amides is 1. The topological polar surface area (TPSA) is 45.5 Å². The van der Waals surface area contributed by atoms with Crippen molar-refractivity contribution >= 4 is 5.91 Å². The zero-order valence-corrected chi connectivity index (χ0v) is 11.0. The molecule has 0 saturated carbocycles. The molecule has 0 fully saturated rings. The highest BCUT2D eigenvalue weighted by molar-refractivity contribution is 5.80. The minimum atomic E-state index is -0.502. The fraction of sp³-hybridized carbons (Fsp3) is 0.615. The number of hydrogen-bond donors (Lipinski definition) is 1. The minimum absolute atomic E-state index is 0.0390. The number of aromatic nitrogens is 1. The van der Waals surface area contributed by atoms with Crippen LogP contribution in [0.1, 0.15) is 33.7 Å². The van der Waals surface area contributed by atoms with Gasteiger partial charge >= 0.3 is 0 Å². The molecule has 17 heavy (non-hydrogen) atoms. The summed E-state index contributed by atoms with van der Waals surface area (Å²) in [5, 5.41) is 9.43. The molecule has 4 heteroatoms. The van der Waals surface area contributed by atoms with E-state index >= 15 is 0 Å². The minimum Gasteiger partial charge on any atom is -0.392 e. The Morgan fingerprint density at radius 1 is 1.24 bits per heavy atom. The summed E-state index contributed by atoms with van der Waals surface area (Å²) in [5.74, 6) is 0.0390. The predicted octanol–water partition coefficient (Wildman–Crippen LogP) is 1.67. The SMILES string of the molecule is CC(O)CN(C(=O)C(C)n1cccc1)C(C)C. The van der Waals surface area contributed by atoms with E-state index < -0.39 is 6.10 Å². The lowest BCUT2D eigenvalue weighted by atomic mass is 10.2. The van der Waals surface area contributed by atoms with E-state index in [1.807, 2.05) is 49.9 Å². The van der Waals surface area contributed by atoms with Crippen molar-refractivity contribution in [3.8, 4) is 0 Å². The Bertz CT molecular complexity index is 344. The van der Waals surface area contributed by atoms with Gasteiger partial charge in [0.05, 0.1) is 6.10 Å². The van der Waals surface area contributed by atoms with Crippen molar-refractivity contribution in [2.45, 2.75) is 45.9 Å². The van der Waals surface area contributed by atoms with Crippen LogP contribution in [0, 0.1) is 0 Å². The van der Waals surface area contributed by atoms with Crippen molar-refractivity contribution < 1.29 is 9.90 Å². The molecule has 0 aliphatic rings. The molecule has 1 amide bonds. The second kappa shape index (κ2) is 5.87. The van der Waals surface area contributed by atoms with E-state index in [2.05, 4.69) is 0 Å². The summed E-state index contributed by atoms with van der Waals surface area (Å²) in [5.41, 5.74) is 0. The van der Waals surface area contributed by atoms with Crippen LogP contribution in [0.2, 0.25) is 0 Å². The smallest absolute Gasteiger partial charge is 0.245 e. The zero-order chi connectivity index (χ0) is 13.0. The Balaban J connectivity index is 2.77. The molecule has 96 valence electrons. The molecular formula is C13H22N2O2. The van der Waals surface area contributed by atoms with Gasteiger partial charge in [-0.15, -0.1) is 0 Å². The summed E-state index contributed by atoms with van der Waals surface area (Å²) in [4.78, 5) is 14.0. The monoisotopic (exact) mass is 238 g/mol. The van der Waals surface area contributed by atoms with Crippen LogP contribution in [0.4, 0.5) is 0 Å². The van der Waals surface area contributed by atoms with Crippen molar-refractivity contribution in [2.24, 2.45) is 0 Å². The van der Waals surface area contributed by atoms with Crippen molar-refractivity contribution in [1.29, 1.82) is 0 Å². The van der Waals surface area contributed by atoms with E-state index in [4.69, 9.17) is 0 Å². The Labute approximate surface area is 103 Å². The zero-order valence-electron chi connectivity index (χ0n) is 11.0. The van der Waals surface area contributed by atoms with Crippen LogP contribution < -0.4 is 0 Å². The summed E-state index contributed by atoms with van der Waals surface area (Å²) in [6.45, 7) is 7.87. The van der Waals surface area contributed by atoms with Gasteiger partial charge in [-0.3, -0.25) is 4.79 Å². The van der Waals surface area contributed by atoms with E-state index in [1.54, 1.807) is 11.8 Å². The first-order valence-corrected chi connectivity index (χ1v) is 6.04. The van der Waals surface area contributed by atoms with Crippen molar-refractivity contribution in [1.82, 2.24) is 9.47 Å². The summed E-state index contributed by atoms with van der Waals surface area (Å²) < 4.78 is 1.87. The standard InChI is InChI=1S/C13H22N2O2/c1-10(2)15(9-11(3)16)13(17)12(4)14-7-5-6-8-14/h5-8,10-12,16H,9H2,1-4H3. The third-order valence-corrected chi connectivity index (χ3v) is 2.80. The van der Waals surface area contributed by atoms with Crippen LogP contribution in [-0.2, 0) is 4.79 Å². The Kier molecular flexibility index (Phi) is 4.75. The molecule has 1 aromatic heterocycles. The van der Waals surface area contributed by atoms with Crippen molar-refractivity contribution in [2.75, 3.05) is 6.54 Å². The van der Waals surface area contributed by atoms with E-state index in [9.17, 15) is 9.90 Å². The average Bonchev–Trinajstić information content (AvgIpc) is 2.76. The van der Waals surface area contributed by atoms with Gasteiger partial charge in [-0.1, -0.05) is 0 Å². The maximum atomic E-state index is 12.3. The summed E-state index contributed by atoms with van der Waals surface area (Å²) in [6, 6.07) is 3.66. The normalized spacial score (nSPS) is 14.7. The lowest BCUT2D eigenvalue weighted by molar-refractivity contribution is -0.137. The third-order valence-electron chi connectivity index (χ3n) is 2.80. The molecule has 0 aliphatic heterocycles. The van der Waals surface area contributed by atoms with Crippen LogP contribution in [-0.4, -0.2) is 39.2 Å². The van der Waals surface area contributed by atoms with Crippen molar-refractivity contribution in [3.05, 3.63) is 24.5 Å². The number of aliphatic hydroxyl groups excluding tert-OH is 1. The molecule has 0 bridgehead atoms. The molecule has 0 aliphatic carbocycles. The Morgan fingerprint density at radius 3 is 2.18 bits per heavy atom. The van der Waals surface area contributed by atoms with Crippen LogP contribution in [0.15, 0.2) is 24.5 Å². The Morgan fingerprint density at radius 2 is 1.76 bits per heavy atom. The van der Waals surface area contributed by atoms with E-state index in [1.165, 1.54) is 0 Å². The van der Waals surface area contributed by atoms with Gasteiger partial charge in [-0.2, -0.15) is 0 Å². The fourth-order valence-electron chi connectivity index (χ4n) is 1.81. The van der Waals surface area contributed by atoms with Gasteiger partial charge in [0.25, 0.3) is 0 Å². The molecule has 1 aromatic rings. The van der Waals surface area contributed by atoms with E-state index in [-0.39, 0.29) is 18.0 Å². The third kappa shape index (κ3) is 3.60. The molecule has 0 saturated heterocycles. The lowest BCUT2D eigenvalue weighted by Crippen LogP contribution is -2.44. The molecule has 2 atom stereocenters. The van der Waals surface area contributed by atoms with Gasteiger partial charge < -0.3 is 14.6 Å². The molecular weight excluding hydrogens is 216 g/mol. The first-order chi connectivity index (χ1) is 7.93. The largest absolute Gasteiger partial charge is 0.392 e. The van der Waals surface area contributed by atoms with Crippen LogP contribution in [0.25, 0.3) is 0 Å². The first-order valence-electron chi connectivity index (χ1n) is 6.04. The van der Waals surface area contributed by atoms with E-state index in [0.717, 1.165) is 0 Å².